The van der Waals surface area contributed by atoms with E-state index < -0.39 is 30.1 Å². The number of urea groups is 1. The minimum absolute atomic E-state index is 0.166. The number of nitrogens with one attached hydrogen (secondary N) is 2. The monoisotopic (exact) mass is 274 g/mol. The van der Waals surface area contributed by atoms with Gasteiger partial charge in [-0.3, -0.25) is 0 Å². The summed E-state index contributed by atoms with van der Waals surface area (Å²) < 4.78 is 4.58. The van der Waals surface area contributed by atoms with Gasteiger partial charge in [0.05, 0.1) is 7.11 Å². The third-order valence-electron chi connectivity index (χ3n) is 2.63. The fourth-order valence-corrected chi connectivity index (χ4v) is 1.46. The van der Waals surface area contributed by atoms with Crippen LogP contribution in [0.1, 0.15) is 27.7 Å². The maximum Gasteiger partial charge on any atom is 0.328 e. The second-order valence-electron chi connectivity index (χ2n) is 4.92. The highest BCUT2D eigenvalue weighted by Crippen LogP contribution is 2.05. The molecule has 0 aromatic carbocycles. The Morgan fingerprint density at radius 2 is 1.37 bits per heavy atom. The van der Waals surface area contributed by atoms with E-state index in [0.29, 0.717) is 0 Å². The summed E-state index contributed by atoms with van der Waals surface area (Å²) in [7, 11) is 1.23. The zero-order chi connectivity index (χ0) is 15.2. The third-order valence-corrected chi connectivity index (χ3v) is 2.63. The maximum atomic E-state index is 11.7. The number of amides is 2. The second kappa shape index (κ2) is 7.60. The van der Waals surface area contributed by atoms with Gasteiger partial charge >= 0.3 is 18.0 Å². The maximum absolute atomic E-state index is 11.7. The molecule has 0 spiro atoms. The van der Waals surface area contributed by atoms with Crippen molar-refractivity contribution >= 4 is 18.0 Å². The molecule has 0 rings (SSSR count). The molecule has 0 heterocycles. The van der Waals surface area contributed by atoms with Gasteiger partial charge in [-0.1, -0.05) is 27.7 Å². The smallest absolute Gasteiger partial charge is 0.328 e. The van der Waals surface area contributed by atoms with Crippen molar-refractivity contribution in [3.05, 3.63) is 0 Å². The topological polar surface area (TPSA) is 105 Å². The zero-order valence-corrected chi connectivity index (χ0v) is 11.9. The Morgan fingerprint density at radius 1 is 0.947 bits per heavy atom. The number of methoxy groups -OCH3 is 1. The van der Waals surface area contributed by atoms with E-state index in [1.807, 2.05) is 0 Å². The van der Waals surface area contributed by atoms with E-state index in [1.54, 1.807) is 27.7 Å². The molecule has 0 aromatic heterocycles. The van der Waals surface area contributed by atoms with E-state index in [9.17, 15) is 14.4 Å². The molecule has 19 heavy (non-hydrogen) atoms. The minimum Gasteiger partial charge on any atom is -0.480 e. The summed E-state index contributed by atoms with van der Waals surface area (Å²) in [5.41, 5.74) is 0. The van der Waals surface area contributed by atoms with Crippen LogP contribution in [0.25, 0.3) is 0 Å². The van der Waals surface area contributed by atoms with Crippen molar-refractivity contribution in [3.8, 4) is 0 Å². The summed E-state index contributed by atoms with van der Waals surface area (Å²) in [6.07, 6.45) is 0. The first-order chi connectivity index (χ1) is 8.70. The Balaban J connectivity index is 4.66. The van der Waals surface area contributed by atoms with Gasteiger partial charge in [0.25, 0.3) is 0 Å². The van der Waals surface area contributed by atoms with Crippen molar-refractivity contribution < 1.29 is 24.2 Å². The van der Waals surface area contributed by atoms with Crippen molar-refractivity contribution in [2.45, 2.75) is 39.8 Å². The molecule has 0 aliphatic carbocycles. The number of hydrogen-bond acceptors (Lipinski definition) is 4. The van der Waals surface area contributed by atoms with Crippen LogP contribution in [0.5, 0.6) is 0 Å². The average molecular weight is 274 g/mol. The Bertz CT molecular complexity index is 341. The van der Waals surface area contributed by atoms with E-state index >= 15 is 0 Å². The Labute approximate surface area is 112 Å². The molecule has 0 fully saturated rings. The first-order valence-corrected chi connectivity index (χ1v) is 6.08. The number of carbonyl (C=O) groups is 3. The highest BCUT2D eigenvalue weighted by molar-refractivity contribution is 5.86. The lowest BCUT2D eigenvalue weighted by Gasteiger charge is -2.23. The van der Waals surface area contributed by atoms with Crippen molar-refractivity contribution in [2.24, 2.45) is 11.8 Å². The molecule has 7 nitrogen and oxygen atoms in total. The molecule has 110 valence electrons. The molecule has 0 unspecified atom stereocenters. The first kappa shape index (κ1) is 17.2. The molecule has 0 radical (unpaired) electrons. The molecule has 0 aliphatic heterocycles. The van der Waals surface area contributed by atoms with Crippen LogP contribution in [0.3, 0.4) is 0 Å². The number of carboxylic acid groups (broad SMARTS) is 1. The van der Waals surface area contributed by atoms with Crippen molar-refractivity contribution in [1.29, 1.82) is 0 Å². The first-order valence-electron chi connectivity index (χ1n) is 6.08. The quantitative estimate of drug-likeness (QED) is 0.615. The van der Waals surface area contributed by atoms with Crippen LogP contribution in [0.15, 0.2) is 0 Å². The fourth-order valence-electron chi connectivity index (χ4n) is 1.46. The van der Waals surface area contributed by atoms with Gasteiger partial charge in [-0.05, 0) is 11.8 Å². The molecule has 0 saturated carbocycles. The summed E-state index contributed by atoms with van der Waals surface area (Å²) in [5.74, 6) is -2.12. The number of carboxylic acids is 1. The van der Waals surface area contributed by atoms with E-state index in [4.69, 9.17) is 5.11 Å². The number of rotatable bonds is 6. The average Bonchev–Trinajstić information content (AvgIpc) is 2.30. The van der Waals surface area contributed by atoms with Crippen LogP contribution >= 0.6 is 0 Å². The zero-order valence-electron chi connectivity index (χ0n) is 11.9. The summed E-state index contributed by atoms with van der Waals surface area (Å²) >= 11 is 0. The lowest BCUT2D eigenvalue weighted by atomic mass is 10.0. The molecule has 0 saturated heterocycles. The molecule has 2 amide bonds. The standard InChI is InChI=1S/C12H22N2O5/c1-6(2)8(10(15)16)13-12(18)14-9(7(3)4)11(17)19-5/h6-9H,1-5H3,(H,15,16)(H2,13,14,18)/t8-,9+/m1/s1. The number of ether oxygens (including phenoxy) is 1. The fraction of sp³-hybridized carbons (Fsp3) is 0.750. The van der Waals surface area contributed by atoms with Gasteiger partial charge in [0, 0.05) is 0 Å². The predicted octanol–water partition coefficient (Wildman–Crippen LogP) is 0.592. The highest BCUT2D eigenvalue weighted by atomic mass is 16.5. The van der Waals surface area contributed by atoms with Crippen molar-refractivity contribution in [1.82, 2.24) is 10.6 Å². The molecule has 3 N–H and O–H groups in total. The third kappa shape index (κ3) is 5.58. The summed E-state index contributed by atoms with van der Waals surface area (Å²) in [6.45, 7) is 6.86. The van der Waals surface area contributed by atoms with Crippen LogP contribution in [0.2, 0.25) is 0 Å². The van der Waals surface area contributed by atoms with Gasteiger partial charge in [0.15, 0.2) is 0 Å². The van der Waals surface area contributed by atoms with Gasteiger partial charge in [-0.2, -0.15) is 0 Å². The van der Waals surface area contributed by atoms with Crippen molar-refractivity contribution in [3.63, 3.8) is 0 Å². The van der Waals surface area contributed by atoms with Crippen LogP contribution in [-0.4, -0.2) is 42.3 Å². The van der Waals surface area contributed by atoms with Gasteiger partial charge in [-0.15, -0.1) is 0 Å². The van der Waals surface area contributed by atoms with Gasteiger partial charge in [0.1, 0.15) is 12.1 Å². The molecular weight excluding hydrogens is 252 g/mol. The number of aliphatic carboxylic acids is 1. The van der Waals surface area contributed by atoms with Crippen LogP contribution in [0.4, 0.5) is 4.79 Å². The predicted molar refractivity (Wildman–Crippen MR) is 68.6 cm³/mol. The van der Waals surface area contributed by atoms with Crippen molar-refractivity contribution in [2.75, 3.05) is 7.11 Å². The lowest BCUT2D eigenvalue weighted by Crippen LogP contribution is -2.54. The van der Waals surface area contributed by atoms with Gasteiger partial charge < -0.3 is 20.5 Å². The Morgan fingerprint density at radius 3 is 1.68 bits per heavy atom. The van der Waals surface area contributed by atoms with E-state index in [0.717, 1.165) is 0 Å². The Kier molecular flexibility index (Phi) is 6.89. The van der Waals surface area contributed by atoms with Gasteiger partial charge in [-0.25, -0.2) is 14.4 Å². The molecular formula is C12H22N2O5. The van der Waals surface area contributed by atoms with Gasteiger partial charge in [0.2, 0.25) is 0 Å². The molecule has 0 aliphatic rings. The second-order valence-corrected chi connectivity index (χ2v) is 4.92. The number of hydrogen-bond donors (Lipinski definition) is 3. The van der Waals surface area contributed by atoms with Crippen LogP contribution in [0, 0.1) is 11.8 Å². The van der Waals surface area contributed by atoms with E-state index in [-0.39, 0.29) is 11.8 Å². The van der Waals surface area contributed by atoms with Crippen LogP contribution in [-0.2, 0) is 14.3 Å². The number of carbonyl (C=O) groups excluding carboxylic acids is 2. The van der Waals surface area contributed by atoms with Crippen LogP contribution < -0.4 is 10.6 Å². The molecule has 0 aromatic rings. The normalized spacial score (nSPS) is 13.8. The molecule has 2 atom stereocenters. The molecule has 0 bridgehead atoms. The summed E-state index contributed by atoms with van der Waals surface area (Å²) in [4.78, 5) is 34.1. The summed E-state index contributed by atoms with van der Waals surface area (Å²) in [6, 6.07) is -2.53. The SMILES string of the molecule is COC(=O)[C@@H](NC(=O)N[C@@H](C(=O)O)C(C)C)C(C)C. The number of esters is 1. The Hall–Kier alpha value is -1.79. The highest BCUT2D eigenvalue weighted by Gasteiger charge is 2.28. The largest absolute Gasteiger partial charge is 0.480 e. The lowest BCUT2D eigenvalue weighted by molar-refractivity contribution is -0.144. The summed E-state index contributed by atoms with van der Waals surface area (Å²) in [5, 5.41) is 13.7. The van der Waals surface area contributed by atoms with E-state index in [2.05, 4.69) is 15.4 Å². The minimum atomic E-state index is -1.12. The molecule has 7 heteroatoms. The van der Waals surface area contributed by atoms with E-state index in [1.165, 1.54) is 7.11 Å².